The number of nitrogens with one attached hydrogen (secondary N) is 1. The molecule has 1 aliphatic rings. The molecule has 1 atom stereocenters. The lowest BCUT2D eigenvalue weighted by Gasteiger charge is -2.32. The lowest BCUT2D eigenvalue weighted by molar-refractivity contribution is -0.128. The summed E-state index contributed by atoms with van der Waals surface area (Å²) >= 11 is 0. The fourth-order valence-corrected chi connectivity index (χ4v) is 3.11. The lowest BCUT2D eigenvalue weighted by atomic mass is 10.1. The van der Waals surface area contributed by atoms with Crippen LogP contribution in [-0.4, -0.2) is 48.7 Å². The number of ether oxygens (including phenoxy) is 2. The molecule has 0 bridgehead atoms. The Balaban J connectivity index is 1.52. The average molecular weight is 388 g/mol. The van der Waals surface area contributed by atoms with Gasteiger partial charge < -0.3 is 24.1 Å². The van der Waals surface area contributed by atoms with Gasteiger partial charge in [-0.2, -0.15) is 0 Å². The molecule has 8 heteroatoms. The van der Waals surface area contributed by atoms with Crippen LogP contribution in [0.5, 0.6) is 5.75 Å². The van der Waals surface area contributed by atoms with Crippen LogP contribution < -0.4 is 15.7 Å². The highest BCUT2D eigenvalue weighted by molar-refractivity contribution is 5.81. The van der Waals surface area contributed by atoms with Gasteiger partial charge in [-0.05, 0) is 44.9 Å². The van der Waals surface area contributed by atoms with Crippen molar-refractivity contribution in [2.45, 2.75) is 38.8 Å². The molecule has 1 aromatic carbocycles. The summed E-state index contributed by atoms with van der Waals surface area (Å²) in [6.45, 7) is 4.87. The van der Waals surface area contributed by atoms with Gasteiger partial charge in [-0.25, -0.2) is 9.59 Å². The summed E-state index contributed by atoms with van der Waals surface area (Å²) in [6.07, 6.45) is 0.305. The molecule has 3 rings (SSSR count). The molecule has 28 heavy (non-hydrogen) atoms. The molecular weight excluding hydrogens is 364 g/mol. The van der Waals surface area contributed by atoms with Crippen LogP contribution in [-0.2, 0) is 9.53 Å². The van der Waals surface area contributed by atoms with Crippen LogP contribution in [0.15, 0.2) is 39.5 Å². The van der Waals surface area contributed by atoms with E-state index in [4.69, 9.17) is 13.9 Å². The second-order valence-electron chi connectivity index (χ2n) is 6.68. The number of benzene rings is 1. The summed E-state index contributed by atoms with van der Waals surface area (Å²) < 4.78 is 15.8. The predicted octanol–water partition coefficient (Wildman–Crippen LogP) is 2.30. The topological polar surface area (TPSA) is 98.1 Å². The first-order chi connectivity index (χ1) is 13.5. The third-order valence-corrected chi connectivity index (χ3v) is 4.64. The number of hydrogen-bond acceptors (Lipinski definition) is 6. The maximum absolute atomic E-state index is 12.4. The van der Waals surface area contributed by atoms with Gasteiger partial charge in [0.15, 0.2) is 6.10 Å². The molecule has 8 nitrogen and oxygen atoms in total. The van der Waals surface area contributed by atoms with E-state index in [0.29, 0.717) is 43.9 Å². The Bertz CT molecular complexity index is 901. The van der Waals surface area contributed by atoms with Gasteiger partial charge in [-0.15, -0.1) is 0 Å². The van der Waals surface area contributed by atoms with Crippen molar-refractivity contribution in [2.24, 2.45) is 0 Å². The minimum atomic E-state index is -0.712. The summed E-state index contributed by atoms with van der Waals surface area (Å²) in [5.74, 6) is 0.214. The standard InChI is InChI=1S/C20H24N2O6/c1-3-26-20(25)22-10-8-15(9-11-22)21-19(24)13(2)27-16-6-4-14-5-7-18(23)28-17(14)12-16/h4-7,12-13,15H,3,8-11H2,1-2H3,(H,21,24). The van der Waals surface area contributed by atoms with Crippen LogP contribution in [0.1, 0.15) is 26.7 Å². The first-order valence-corrected chi connectivity index (χ1v) is 9.39. The van der Waals surface area contributed by atoms with E-state index in [-0.39, 0.29) is 18.0 Å². The molecule has 2 heterocycles. The van der Waals surface area contributed by atoms with E-state index in [0.717, 1.165) is 5.39 Å². The number of nitrogens with zero attached hydrogens (tertiary/aromatic N) is 1. The largest absolute Gasteiger partial charge is 0.481 e. The highest BCUT2D eigenvalue weighted by atomic mass is 16.6. The molecule has 1 fully saturated rings. The van der Waals surface area contributed by atoms with Gasteiger partial charge in [0.05, 0.1) is 6.61 Å². The molecular formula is C20H24N2O6. The smallest absolute Gasteiger partial charge is 0.409 e. The Hall–Kier alpha value is -3.03. The molecule has 150 valence electrons. The minimum Gasteiger partial charge on any atom is -0.481 e. The van der Waals surface area contributed by atoms with E-state index >= 15 is 0 Å². The molecule has 0 spiro atoms. The zero-order valence-electron chi connectivity index (χ0n) is 16.0. The number of carbonyl (C=O) groups is 2. The van der Waals surface area contributed by atoms with E-state index in [1.165, 1.54) is 6.07 Å². The Morgan fingerprint density at radius 3 is 2.68 bits per heavy atom. The maximum atomic E-state index is 12.4. The van der Waals surface area contributed by atoms with E-state index in [1.807, 2.05) is 0 Å². The second kappa shape index (κ2) is 8.77. The van der Waals surface area contributed by atoms with E-state index in [1.54, 1.807) is 43.0 Å². The van der Waals surface area contributed by atoms with Crippen LogP contribution in [0.4, 0.5) is 4.79 Å². The Kier molecular flexibility index (Phi) is 6.18. The highest BCUT2D eigenvalue weighted by Gasteiger charge is 2.26. The van der Waals surface area contributed by atoms with Gasteiger partial charge >= 0.3 is 11.7 Å². The van der Waals surface area contributed by atoms with Crippen molar-refractivity contribution in [1.82, 2.24) is 10.2 Å². The van der Waals surface area contributed by atoms with Crippen molar-refractivity contribution in [1.29, 1.82) is 0 Å². The Morgan fingerprint density at radius 2 is 1.96 bits per heavy atom. The van der Waals surface area contributed by atoms with Crippen molar-refractivity contribution in [2.75, 3.05) is 19.7 Å². The summed E-state index contributed by atoms with van der Waals surface area (Å²) in [5.41, 5.74) is -0.0338. The number of rotatable bonds is 5. The minimum absolute atomic E-state index is 0.0150. The van der Waals surface area contributed by atoms with E-state index in [9.17, 15) is 14.4 Å². The number of likely N-dealkylation sites (tertiary alicyclic amines) is 1. The molecule has 0 aliphatic carbocycles. The SMILES string of the molecule is CCOC(=O)N1CCC(NC(=O)C(C)Oc2ccc3ccc(=O)oc3c2)CC1. The number of fused-ring (bicyclic) bond motifs is 1. The number of amides is 2. The average Bonchev–Trinajstić information content (AvgIpc) is 2.68. The Morgan fingerprint density at radius 1 is 1.25 bits per heavy atom. The van der Waals surface area contributed by atoms with Gasteiger partial charge in [0.1, 0.15) is 11.3 Å². The second-order valence-corrected chi connectivity index (χ2v) is 6.68. The molecule has 0 saturated carbocycles. The fraction of sp³-hybridized carbons (Fsp3) is 0.450. The highest BCUT2D eigenvalue weighted by Crippen LogP contribution is 2.20. The number of piperidine rings is 1. The normalized spacial score (nSPS) is 15.9. The summed E-state index contributed by atoms with van der Waals surface area (Å²) in [5, 5.41) is 3.74. The monoisotopic (exact) mass is 388 g/mol. The van der Waals surface area contributed by atoms with Gasteiger partial charge in [0.2, 0.25) is 0 Å². The number of carbonyl (C=O) groups excluding carboxylic acids is 2. The molecule has 1 saturated heterocycles. The molecule has 1 unspecified atom stereocenters. The third kappa shape index (κ3) is 4.82. The molecule has 1 N–H and O–H groups in total. The quantitative estimate of drug-likeness (QED) is 0.790. The van der Waals surface area contributed by atoms with Gasteiger partial charge in [-0.3, -0.25) is 4.79 Å². The Labute approximate surface area is 162 Å². The van der Waals surface area contributed by atoms with Crippen LogP contribution in [0.25, 0.3) is 11.0 Å². The zero-order chi connectivity index (χ0) is 20.1. The number of hydrogen-bond donors (Lipinski definition) is 1. The fourth-order valence-electron chi connectivity index (χ4n) is 3.11. The van der Waals surface area contributed by atoms with Crippen LogP contribution in [0.3, 0.4) is 0 Å². The van der Waals surface area contributed by atoms with Crippen molar-refractivity contribution in [3.8, 4) is 5.75 Å². The first-order valence-electron chi connectivity index (χ1n) is 9.39. The maximum Gasteiger partial charge on any atom is 0.409 e. The van der Waals surface area contributed by atoms with Gasteiger partial charge in [0, 0.05) is 36.7 Å². The lowest BCUT2D eigenvalue weighted by Crippen LogP contribution is -2.49. The molecule has 2 amide bonds. The molecule has 1 aliphatic heterocycles. The first kappa shape index (κ1) is 19.7. The van der Waals surface area contributed by atoms with Gasteiger partial charge in [-0.1, -0.05) is 0 Å². The van der Waals surface area contributed by atoms with Crippen molar-refractivity contribution in [3.63, 3.8) is 0 Å². The van der Waals surface area contributed by atoms with Crippen LogP contribution >= 0.6 is 0 Å². The van der Waals surface area contributed by atoms with Crippen molar-refractivity contribution in [3.05, 3.63) is 40.8 Å². The van der Waals surface area contributed by atoms with Crippen molar-refractivity contribution < 1.29 is 23.5 Å². The van der Waals surface area contributed by atoms with Gasteiger partial charge in [0.25, 0.3) is 5.91 Å². The summed E-state index contributed by atoms with van der Waals surface area (Å²) in [7, 11) is 0. The van der Waals surface area contributed by atoms with Crippen molar-refractivity contribution >= 4 is 23.0 Å². The molecule has 2 aromatic rings. The zero-order valence-corrected chi connectivity index (χ0v) is 16.0. The summed E-state index contributed by atoms with van der Waals surface area (Å²) in [6, 6.07) is 8.10. The summed E-state index contributed by atoms with van der Waals surface area (Å²) in [4.78, 5) is 37.2. The predicted molar refractivity (Wildman–Crippen MR) is 102 cm³/mol. The van der Waals surface area contributed by atoms with Crippen LogP contribution in [0, 0.1) is 0 Å². The third-order valence-electron chi connectivity index (χ3n) is 4.64. The van der Waals surface area contributed by atoms with Crippen LogP contribution in [0.2, 0.25) is 0 Å². The molecule has 0 radical (unpaired) electrons. The van der Waals surface area contributed by atoms with E-state index in [2.05, 4.69) is 5.32 Å². The van der Waals surface area contributed by atoms with E-state index < -0.39 is 11.7 Å². The molecule has 1 aromatic heterocycles.